The van der Waals surface area contributed by atoms with E-state index in [-0.39, 0.29) is 11.1 Å². The van der Waals surface area contributed by atoms with E-state index in [2.05, 4.69) is 33.1 Å². The van der Waals surface area contributed by atoms with Crippen molar-refractivity contribution in [3.05, 3.63) is 56.4 Å². The van der Waals surface area contributed by atoms with E-state index in [4.69, 9.17) is 14.7 Å². The second-order valence-electron chi connectivity index (χ2n) is 5.20. The van der Waals surface area contributed by atoms with E-state index in [0.717, 1.165) is 9.64 Å². The van der Waals surface area contributed by atoms with Gasteiger partial charge in [-0.1, -0.05) is 0 Å². The minimum atomic E-state index is -0.781. The molecule has 0 aliphatic carbocycles. The van der Waals surface area contributed by atoms with E-state index in [9.17, 15) is 9.18 Å². The number of nitriles is 1. The Morgan fingerprint density at radius 2 is 2.04 bits per heavy atom. The van der Waals surface area contributed by atoms with Gasteiger partial charge in [0.05, 0.1) is 40.2 Å². The van der Waals surface area contributed by atoms with Crippen molar-refractivity contribution in [1.29, 1.82) is 5.26 Å². The van der Waals surface area contributed by atoms with Gasteiger partial charge in [0.25, 0.3) is 5.91 Å². The highest BCUT2D eigenvalue weighted by Gasteiger charge is 2.13. The highest BCUT2D eigenvalue weighted by Crippen LogP contribution is 2.33. The van der Waals surface area contributed by atoms with Gasteiger partial charge in [-0.2, -0.15) is 10.4 Å². The quantitative estimate of drug-likeness (QED) is 0.370. The summed E-state index contributed by atoms with van der Waals surface area (Å²) in [7, 11) is 0. The topological polar surface area (TPSA) is 83.7 Å². The summed E-state index contributed by atoms with van der Waals surface area (Å²) in [6.07, 6.45) is 1.43. The van der Waals surface area contributed by atoms with Crippen LogP contribution in [-0.4, -0.2) is 25.3 Å². The molecule has 1 N–H and O–H groups in total. The third kappa shape index (κ3) is 5.40. The molecule has 0 saturated carbocycles. The summed E-state index contributed by atoms with van der Waals surface area (Å²) in [4.78, 5) is 12.0. The van der Waals surface area contributed by atoms with Gasteiger partial charge in [0, 0.05) is 0 Å². The average molecular weight is 481 g/mol. The lowest BCUT2D eigenvalue weighted by Crippen LogP contribution is -2.19. The molecule has 0 saturated heterocycles. The highest BCUT2D eigenvalue weighted by molar-refractivity contribution is 14.1. The van der Waals surface area contributed by atoms with Crippen LogP contribution in [0.4, 0.5) is 4.39 Å². The maximum Gasteiger partial charge on any atom is 0.274 e. The van der Waals surface area contributed by atoms with Crippen molar-refractivity contribution < 1.29 is 18.7 Å². The van der Waals surface area contributed by atoms with Gasteiger partial charge in [-0.25, -0.2) is 9.82 Å². The van der Waals surface area contributed by atoms with E-state index in [1.807, 2.05) is 26.0 Å². The first-order chi connectivity index (χ1) is 13.0. The first-order valence-corrected chi connectivity index (χ1v) is 9.20. The predicted octanol–water partition coefficient (Wildman–Crippen LogP) is 3.86. The van der Waals surface area contributed by atoms with E-state index >= 15 is 0 Å². The fraction of sp³-hybridized carbons (Fsp3) is 0.211. The lowest BCUT2D eigenvalue weighted by atomic mass is 10.1. The van der Waals surface area contributed by atoms with Crippen molar-refractivity contribution in [2.45, 2.75) is 13.8 Å². The number of hydrogen-bond acceptors (Lipinski definition) is 5. The zero-order valence-electron chi connectivity index (χ0n) is 14.8. The molecule has 0 unspecified atom stereocenters. The van der Waals surface area contributed by atoms with Crippen LogP contribution < -0.4 is 14.9 Å². The van der Waals surface area contributed by atoms with Crippen LogP contribution in [-0.2, 0) is 0 Å². The van der Waals surface area contributed by atoms with Gasteiger partial charge in [-0.15, -0.1) is 0 Å². The normalized spacial score (nSPS) is 10.5. The van der Waals surface area contributed by atoms with Crippen LogP contribution in [0.1, 0.15) is 35.3 Å². The molecule has 0 bridgehead atoms. The summed E-state index contributed by atoms with van der Waals surface area (Å²) in [6.45, 7) is 4.75. The van der Waals surface area contributed by atoms with E-state index in [0.29, 0.717) is 30.3 Å². The van der Waals surface area contributed by atoms with Crippen LogP contribution in [0.2, 0.25) is 0 Å². The summed E-state index contributed by atoms with van der Waals surface area (Å²) in [5.41, 5.74) is 2.90. The highest BCUT2D eigenvalue weighted by atomic mass is 127. The molecule has 1 amide bonds. The molecule has 0 aliphatic rings. The Kier molecular flexibility index (Phi) is 7.55. The van der Waals surface area contributed by atoms with E-state index in [1.54, 1.807) is 6.07 Å². The molecule has 0 aromatic heterocycles. The number of rotatable bonds is 7. The zero-order valence-corrected chi connectivity index (χ0v) is 16.9. The molecule has 0 heterocycles. The number of carbonyl (C=O) groups is 1. The Morgan fingerprint density at radius 1 is 1.30 bits per heavy atom. The summed E-state index contributed by atoms with van der Waals surface area (Å²) in [6, 6.07) is 8.99. The van der Waals surface area contributed by atoms with Gasteiger partial charge in [0.1, 0.15) is 5.82 Å². The van der Waals surface area contributed by atoms with Gasteiger partial charge < -0.3 is 9.47 Å². The molecule has 0 fully saturated rings. The van der Waals surface area contributed by atoms with Crippen molar-refractivity contribution in [1.82, 2.24) is 5.43 Å². The molecule has 8 heteroatoms. The van der Waals surface area contributed by atoms with Crippen molar-refractivity contribution in [2.24, 2.45) is 5.10 Å². The molecule has 2 aromatic carbocycles. The molecular weight excluding hydrogens is 464 g/mol. The van der Waals surface area contributed by atoms with Gasteiger partial charge in [0.2, 0.25) is 0 Å². The number of hydrazone groups is 1. The molecule has 0 spiro atoms. The SMILES string of the molecule is CCOc1cc(/C=N\NC(=O)c2ccc(C#N)cc2F)cc(I)c1OCC. The minimum Gasteiger partial charge on any atom is -0.490 e. The van der Waals surface area contributed by atoms with Crippen LogP contribution >= 0.6 is 22.6 Å². The third-order valence-corrected chi connectivity index (χ3v) is 4.14. The van der Waals surface area contributed by atoms with Gasteiger partial charge >= 0.3 is 0 Å². The standard InChI is InChI=1S/C19H17FIN3O3/c1-3-26-17-9-13(8-16(21)18(17)27-4-2)11-23-24-19(25)14-6-5-12(10-22)7-15(14)20/h5-9,11H,3-4H2,1-2H3,(H,24,25)/b23-11-. The number of carbonyl (C=O) groups excluding carboxylic acids is 1. The molecular formula is C19H17FIN3O3. The van der Waals surface area contributed by atoms with Gasteiger partial charge in [-0.05, 0) is 72.3 Å². The lowest BCUT2D eigenvalue weighted by Gasteiger charge is -2.13. The predicted molar refractivity (Wildman–Crippen MR) is 108 cm³/mol. The van der Waals surface area contributed by atoms with Crippen LogP contribution in [0.25, 0.3) is 0 Å². The third-order valence-electron chi connectivity index (χ3n) is 3.34. The van der Waals surface area contributed by atoms with Crippen LogP contribution in [0.5, 0.6) is 11.5 Å². The number of benzene rings is 2. The minimum absolute atomic E-state index is 0.139. The van der Waals surface area contributed by atoms with Gasteiger partial charge in [-0.3, -0.25) is 4.79 Å². The number of halogens is 2. The van der Waals surface area contributed by atoms with Crippen LogP contribution in [0, 0.1) is 20.7 Å². The fourth-order valence-corrected chi connectivity index (χ4v) is 2.99. The number of nitrogens with one attached hydrogen (secondary N) is 1. The molecule has 2 aromatic rings. The van der Waals surface area contributed by atoms with E-state index in [1.165, 1.54) is 18.3 Å². The molecule has 0 radical (unpaired) electrons. The maximum absolute atomic E-state index is 13.9. The number of amides is 1. The average Bonchev–Trinajstić information content (AvgIpc) is 2.64. The summed E-state index contributed by atoms with van der Waals surface area (Å²) in [5, 5.41) is 12.6. The van der Waals surface area contributed by atoms with Crippen LogP contribution in [0.3, 0.4) is 0 Å². The van der Waals surface area contributed by atoms with Crippen molar-refractivity contribution in [2.75, 3.05) is 13.2 Å². The molecule has 0 atom stereocenters. The molecule has 27 heavy (non-hydrogen) atoms. The Hall–Kier alpha value is -2.67. The van der Waals surface area contributed by atoms with Crippen molar-refractivity contribution in [3.8, 4) is 17.6 Å². The largest absolute Gasteiger partial charge is 0.490 e. The molecule has 140 valence electrons. The Morgan fingerprint density at radius 3 is 2.67 bits per heavy atom. The fourth-order valence-electron chi connectivity index (χ4n) is 2.20. The Bertz CT molecular complexity index is 910. The summed E-state index contributed by atoms with van der Waals surface area (Å²) in [5.74, 6) is -0.257. The smallest absolute Gasteiger partial charge is 0.274 e. The lowest BCUT2D eigenvalue weighted by molar-refractivity contribution is 0.0951. The zero-order chi connectivity index (χ0) is 19.8. The monoisotopic (exact) mass is 481 g/mol. The molecule has 6 nitrogen and oxygen atoms in total. The first kappa shape index (κ1) is 20.6. The maximum atomic E-state index is 13.9. The summed E-state index contributed by atoms with van der Waals surface area (Å²) >= 11 is 2.13. The van der Waals surface area contributed by atoms with Crippen LogP contribution in [0.15, 0.2) is 35.4 Å². The second kappa shape index (κ2) is 9.87. The Labute approximate surface area is 170 Å². The molecule has 2 rings (SSSR count). The number of hydrogen-bond donors (Lipinski definition) is 1. The summed E-state index contributed by atoms with van der Waals surface area (Å²) < 4.78 is 25.9. The Balaban J connectivity index is 2.16. The van der Waals surface area contributed by atoms with Crippen molar-refractivity contribution >= 4 is 34.7 Å². The van der Waals surface area contributed by atoms with Crippen molar-refractivity contribution in [3.63, 3.8) is 0 Å². The molecule has 0 aliphatic heterocycles. The second-order valence-corrected chi connectivity index (χ2v) is 6.36. The van der Waals surface area contributed by atoms with E-state index < -0.39 is 11.7 Å². The number of ether oxygens (including phenoxy) is 2. The first-order valence-electron chi connectivity index (χ1n) is 8.12. The van der Waals surface area contributed by atoms with Gasteiger partial charge in [0.15, 0.2) is 11.5 Å². The number of nitrogens with zero attached hydrogens (tertiary/aromatic N) is 2.